The van der Waals surface area contributed by atoms with Crippen molar-refractivity contribution in [3.8, 4) is 0 Å². The lowest BCUT2D eigenvalue weighted by Gasteiger charge is -2.28. The Bertz CT molecular complexity index is 725. The first-order valence-corrected chi connectivity index (χ1v) is 9.29. The first-order chi connectivity index (χ1) is 12.1. The maximum atomic E-state index is 12.3. The van der Waals surface area contributed by atoms with Crippen LogP contribution in [0.3, 0.4) is 0 Å². The van der Waals surface area contributed by atoms with Gasteiger partial charge in [0.15, 0.2) is 5.65 Å². The number of fused-ring (bicyclic) bond motifs is 1. The van der Waals surface area contributed by atoms with Crippen LogP contribution < -0.4 is 5.32 Å². The molecule has 2 heterocycles. The second kappa shape index (κ2) is 7.95. The fourth-order valence-corrected chi connectivity index (χ4v) is 3.45. The maximum Gasteiger partial charge on any atom is 0.252 e. The van der Waals surface area contributed by atoms with Gasteiger partial charge >= 0.3 is 0 Å². The van der Waals surface area contributed by atoms with E-state index in [2.05, 4.69) is 36.2 Å². The van der Waals surface area contributed by atoms with Gasteiger partial charge in [0.2, 0.25) is 0 Å². The molecular formula is C19H28N4O2. The normalized spacial score (nSPS) is 21.0. The number of rotatable bonds is 6. The molecular weight excluding hydrogens is 316 g/mol. The molecule has 6 heteroatoms. The first kappa shape index (κ1) is 17.9. The highest BCUT2D eigenvalue weighted by Crippen LogP contribution is 2.26. The second-order valence-electron chi connectivity index (χ2n) is 7.25. The SMILES string of the molecule is CC1CCCCC1OCCNC(=O)c1cnc2c(cnn2C(C)C)c1. The lowest BCUT2D eigenvalue weighted by atomic mass is 9.88. The van der Waals surface area contributed by atoms with Crippen LogP contribution in [0.2, 0.25) is 0 Å². The standard InChI is InChI=1S/C19H28N4O2/c1-13(2)23-18-15(12-22-23)10-16(11-21-18)19(24)20-8-9-25-17-7-5-4-6-14(17)3/h10-14,17H,4-9H2,1-3H3,(H,20,24). The van der Waals surface area contributed by atoms with Gasteiger partial charge in [-0.2, -0.15) is 5.10 Å². The molecule has 1 amide bonds. The van der Waals surface area contributed by atoms with Gasteiger partial charge in [-0.3, -0.25) is 4.79 Å². The molecule has 136 valence electrons. The van der Waals surface area contributed by atoms with Gasteiger partial charge in [-0.25, -0.2) is 9.67 Å². The van der Waals surface area contributed by atoms with Crippen LogP contribution in [-0.4, -0.2) is 39.9 Å². The molecule has 0 bridgehead atoms. The Morgan fingerprint density at radius 1 is 1.36 bits per heavy atom. The van der Waals surface area contributed by atoms with Crippen molar-refractivity contribution in [1.82, 2.24) is 20.1 Å². The Labute approximate surface area is 149 Å². The monoisotopic (exact) mass is 344 g/mol. The molecule has 0 saturated heterocycles. The Hall–Kier alpha value is -1.95. The van der Waals surface area contributed by atoms with Gasteiger partial charge in [-0.15, -0.1) is 0 Å². The molecule has 1 aliphatic carbocycles. The number of nitrogens with one attached hydrogen (secondary N) is 1. The molecule has 0 aromatic carbocycles. The third-order valence-electron chi connectivity index (χ3n) is 4.94. The van der Waals surface area contributed by atoms with Crippen LogP contribution in [-0.2, 0) is 4.74 Å². The minimum absolute atomic E-state index is 0.119. The number of aromatic nitrogens is 3. The Morgan fingerprint density at radius 2 is 2.16 bits per heavy atom. The summed E-state index contributed by atoms with van der Waals surface area (Å²) in [6, 6.07) is 2.08. The van der Waals surface area contributed by atoms with Gasteiger partial charge in [0.05, 0.1) is 24.5 Å². The molecule has 0 aliphatic heterocycles. The summed E-state index contributed by atoms with van der Waals surface area (Å²) < 4.78 is 7.80. The maximum absolute atomic E-state index is 12.3. The van der Waals surface area contributed by atoms with Gasteiger partial charge in [0, 0.05) is 24.2 Å². The van der Waals surface area contributed by atoms with Crippen LogP contribution in [0.1, 0.15) is 62.9 Å². The van der Waals surface area contributed by atoms with E-state index in [-0.39, 0.29) is 11.9 Å². The van der Waals surface area contributed by atoms with E-state index in [0.717, 1.165) is 17.5 Å². The van der Waals surface area contributed by atoms with Crippen LogP contribution in [0.15, 0.2) is 18.5 Å². The Kier molecular flexibility index (Phi) is 5.68. The van der Waals surface area contributed by atoms with E-state index in [1.54, 1.807) is 12.4 Å². The van der Waals surface area contributed by atoms with E-state index in [4.69, 9.17) is 4.74 Å². The van der Waals surface area contributed by atoms with Crippen molar-refractivity contribution in [2.75, 3.05) is 13.2 Å². The van der Waals surface area contributed by atoms with Crippen molar-refractivity contribution >= 4 is 16.9 Å². The van der Waals surface area contributed by atoms with Gasteiger partial charge in [-0.1, -0.05) is 19.8 Å². The third kappa shape index (κ3) is 4.18. The summed E-state index contributed by atoms with van der Waals surface area (Å²) in [4.78, 5) is 16.7. The minimum atomic E-state index is -0.119. The molecule has 0 spiro atoms. The number of nitrogens with zero attached hydrogens (tertiary/aromatic N) is 3. The number of ether oxygens (including phenoxy) is 1. The summed E-state index contributed by atoms with van der Waals surface area (Å²) in [5.41, 5.74) is 1.36. The predicted octanol–water partition coefficient (Wildman–Crippen LogP) is 3.34. The predicted molar refractivity (Wildman–Crippen MR) is 97.6 cm³/mol. The van der Waals surface area contributed by atoms with Crippen LogP contribution in [0.4, 0.5) is 0 Å². The minimum Gasteiger partial charge on any atom is -0.376 e. The average Bonchev–Trinajstić information content (AvgIpc) is 3.03. The molecule has 0 radical (unpaired) electrons. The lowest BCUT2D eigenvalue weighted by Crippen LogP contribution is -2.31. The van der Waals surface area contributed by atoms with Gasteiger partial charge in [0.25, 0.3) is 5.91 Å². The summed E-state index contributed by atoms with van der Waals surface area (Å²) in [6.45, 7) is 7.44. The molecule has 1 aliphatic rings. The highest BCUT2D eigenvalue weighted by atomic mass is 16.5. The molecule has 1 fully saturated rings. The van der Waals surface area contributed by atoms with Crippen molar-refractivity contribution < 1.29 is 9.53 Å². The van der Waals surface area contributed by atoms with Gasteiger partial charge in [0.1, 0.15) is 0 Å². The third-order valence-corrected chi connectivity index (χ3v) is 4.94. The van der Waals surface area contributed by atoms with E-state index in [1.807, 2.05) is 10.7 Å². The number of hydrogen-bond acceptors (Lipinski definition) is 4. The quantitative estimate of drug-likeness (QED) is 0.816. The van der Waals surface area contributed by atoms with E-state index in [0.29, 0.717) is 30.7 Å². The molecule has 25 heavy (non-hydrogen) atoms. The lowest BCUT2D eigenvalue weighted by molar-refractivity contribution is -0.00293. The molecule has 6 nitrogen and oxygen atoms in total. The Balaban J connectivity index is 1.52. The zero-order valence-electron chi connectivity index (χ0n) is 15.4. The number of amides is 1. The summed E-state index contributed by atoms with van der Waals surface area (Å²) in [6.07, 6.45) is 8.64. The largest absolute Gasteiger partial charge is 0.376 e. The molecule has 2 atom stereocenters. The summed E-state index contributed by atoms with van der Waals surface area (Å²) in [5, 5.41) is 8.13. The van der Waals surface area contributed by atoms with E-state index < -0.39 is 0 Å². The highest BCUT2D eigenvalue weighted by molar-refractivity contribution is 5.96. The van der Waals surface area contributed by atoms with Crippen LogP contribution in [0.25, 0.3) is 11.0 Å². The summed E-state index contributed by atoms with van der Waals surface area (Å²) in [7, 11) is 0. The van der Waals surface area contributed by atoms with Gasteiger partial charge in [-0.05, 0) is 38.7 Å². The first-order valence-electron chi connectivity index (χ1n) is 9.29. The second-order valence-corrected chi connectivity index (χ2v) is 7.25. The number of hydrogen-bond donors (Lipinski definition) is 1. The van der Waals surface area contributed by atoms with E-state index >= 15 is 0 Å². The van der Waals surface area contributed by atoms with Crippen molar-refractivity contribution in [3.05, 3.63) is 24.0 Å². The topological polar surface area (TPSA) is 69.0 Å². The fraction of sp³-hybridized carbons (Fsp3) is 0.632. The molecule has 2 aromatic rings. The zero-order valence-corrected chi connectivity index (χ0v) is 15.4. The number of carbonyl (C=O) groups is 1. The van der Waals surface area contributed by atoms with Crippen molar-refractivity contribution in [1.29, 1.82) is 0 Å². The highest BCUT2D eigenvalue weighted by Gasteiger charge is 2.21. The summed E-state index contributed by atoms with van der Waals surface area (Å²) in [5.74, 6) is 0.501. The number of pyridine rings is 1. The van der Waals surface area contributed by atoms with Crippen LogP contribution in [0.5, 0.6) is 0 Å². The molecule has 2 unspecified atom stereocenters. The average molecular weight is 344 g/mol. The van der Waals surface area contributed by atoms with E-state index in [9.17, 15) is 4.79 Å². The molecule has 1 saturated carbocycles. The molecule has 3 rings (SSSR count). The van der Waals surface area contributed by atoms with Crippen molar-refractivity contribution in [2.24, 2.45) is 5.92 Å². The van der Waals surface area contributed by atoms with Crippen LogP contribution in [0, 0.1) is 5.92 Å². The molecule has 1 N–H and O–H groups in total. The Morgan fingerprint density at radius 3 is 2.92 bits per heavy atom. The molecule has 2 aromatic heterocycles. The number of carbonyl (C=O) groups excluding carboxylic acids is 1. The van der Waals surface area contributed by atoms with Crippen molar-refractivity contribution in [2.45, 2.75) is 58.6 Å². The van der Waals surface area contributed by atoms with Crippen LogP contribution >= 0.6 is 0 Å². The summed E-state index contributed by atoms with van der Waals surface area (Å²) >= 11 is 0. The van der Waals surface area contributed by atoms with Gasteiger partial charge < -0.3 is 10.1 Å². The van der Waals surface area contributed by atoms with E-state index in [1.165, 1.54) is 19.3 Å². The van der Waals surface area contributed by atoms with Crippen molar-refractivity contribution in [3.63, 3.8) is 0 Å². The fourth-order valence-electron chi connectivity index (χ4n) is 3.45. The zero-order chi connectivity index (χ0) is 17.8. The smallest absolute Gasteiger partial charge is 0.252 e.